The number of phenolic OH excluding ortho intramolecular Hbond substituents is 3. The molecule has 0 saturated carbocycles. The molecule has 0 aromatic heterocycles. The van der Waals surface area contributed by atoms with E-state index in [0.29, 0.717) is 22.9 Å². The average molecular weight is 442 g/mol. The minimum Gasteiger partial charge on any atom is -0.506 e. The summed E-state index contributed by atoms with van der Waals surface area (Å²) in [4.78, 5) is 1.79. The summed E-state index contributed by atoms with van der Waals surface area (Å²) in [5.41, 5.74) is 5.57. The fraction of sp³-hybridized carbons (Fsp3) is 0.143. The fourth-order valence-electron chi connectivity index (χ4n) is 3.74. The third kappa shape index (κ3) is 4.44. The van der Waals surface area contributed by atoms with E-state index in [1.165, 1.54) is 0 Å². The molecule has 0 aliphatic heterocycles. The summed E-state index contributed by atoms with van der Waals surface area (Å²) in [6, 6.07) is 21.6. The van der Waals surface area contributed by atoms with E-state index >= 15 is 0 Å². The topological polar surface area (TPSA) is 73.2 Å². The number of anilines is 3. The maximum Gasteiger partial charge on any atom is 0.172 e. The fourth-order valence-corrected chi connectivity index (χ4v) is 3.74. The Bertz CT molecular complexity index is 1260. The number of phenols is 3. The highest BCUT2D eigenvalue weighted by molar-refractivity contribution is 5.83. The van der Waals surface area contributed by atoms with Crippen LogP contribution in [0.15, 0.2) is 72.8 Å². The van der Waals surface area contributed by atoms with E-state index in [1.54, 1.807) is 35.2 Å². The Morgan fingerprint density at radius 1 is 0.606 bits per heavy atom. The van der Waals surface area contributed by atoms with Crippen LogP contribution in [0, 0.1) is 27.7 Å². The normalized spacial score (nSPS) is 10.8. The van der Waals surface area contributed by atoms with Crippen molar-refractivity contribution in [3.63, 3.8) is 0 Å². The Kier molecular flexibility index (Phi) is 5.88. The van der Waals surface area contributed by atoms with Gasteiger partial charge in [0.25, 0.3) is 0 Å². The smallest absolute Gasteiger partial charge is 0.172 e. The molecule has 3 N–H and O–H groups in total. The van der Waals surface area contributed by atoms with E-state index in [-0.39, 0.29) is 17.2 Å². The summed E-state index contributed by atoms with van der Waals surface area (Å²) >= 11 is 0. The molecule has 0 spiro atoms. The Hall–Kier alpha value is -4.12. The van der Waals surface area contributed by atoms with Crippen LogP contribution in [-0.4, -0.2) is 15.3 Å². The zero-order valence-electron chi connectivity index (χ0n) is 19.1. The number of nitrogens with zero attached hydrogens (tertiary/aromatic N) is 1. The van der Waals surface area contributed by atoms with Gasteiger partial charge in [0, 0.05) is 5.69 Å². The van der Waals surface area contributed by atoms with Crippen molar-refractivity contribution in [3.8, 4) is 28.7 Å². The summed E-state index contributed by atoms with van der Waals surface area (Å²) in [5, 5.41) is 31.6. The lowest BCUT2D eigenvalue weighted by molar-refractivity contribution is 0.408. The number of ether oxygens (including phenoxy) is 1. The van der Waals surface area contributed by atoms with Gasteiger partial charge in [-0.05, 0) is 105 Å². The molecule has 0 aliphatic carbocycles. The molecule has 4 rings (SSSR count). The second kappa shape index (κ2) is 8.79. The van der Waals surface area contributed by atoms with Gasteiger partial charge in [-0.15, -0.1) is 0 Å². The molecule has 5 heteroatoms. The predicted molar refractivity (Wildman–Crippen MR) is 132 cm³/mol. The van der Waals surface area contributed by atoms with Crippen LogP contribution in [-0.2, 0) is 0 Å². The molecule has 5 nitrogen and oxygen atoms in total. The first kappa shape index (κ1) is 22.1. The Labute approximate surface area is 193 Å². The summed E-state index contributed by atoms with van der Waals surface area (Å²) in [6.45, 7) is 7.68. The highest BCUT2D eigenvalue weighted by atomic mass is 16.5. The molecular weight excluding hydrogens is 414 g/mol. The molecule has 0 radical (unpaired) electrons. The molecule has 0 amide bonds. The van der Waals surface area contributed by atoms with Crippen LogP contribution in [0.1, 0.15) is 22.3 Å². The molecule has 168 valence electrons. The van der Waals surface area contributed by atoms with E-state index in [4.69, 9.17) is 4.74 Å². The van der Waals surface area contributed by atoms with Gasteiger partial charge in [-0.25, -0.2) is 0 Å². The lowest BCUT2D eigenvalue weighted by atomic mass is 10.1. The van der Waals surface area contributed by atoms with Crippen LogP contribution in [0.5, 0.6) is 28.7 Å². The second-order valence-corrected chi connectivity index (χ2v) is 8.27. The highest BCUT2D eigenvalue weighted by Crippen LogP contribution is 2.44. The van der Waals surface area contributed by atoms with Crippen molar-refractivity contribution >= 4 is 17.1 Å². The quantitative estimate of drug-likeness (QED) is 0.303. The van der Waals surface area contributed by atoms with Crippen LogP contribution in [0.25, 0.3) is 0 Å². The van der Waals surface area contributed by atoms with E-state index in [2.05, 4.69) is 0 Å². The maximum atomic E-state index is 10.7. The number of benzene rings is 4. The van der Waals surface area contributed by atoms with E-state index < -0.39 is 0 Å². The molecule has 33 heavy (non-hydrogen) atoms. The van der Waals surface area contributed by atoms with Gasteiger partial charge in [-0.2, -0.15) is 0 Å². The van der Waals surface area contributed by atoms with Gasteiger partial charge in [0.15, 0.2) is 11.5 Å². The zero-order chi connectivity index (χ0) is 23.7. The van der Waals surface area contributed by atoms with Gasteiger partial charge in [-0.1, -0.05) is 18.2 Å². The number of hydrogen-bond acceptors (Lipinski definition) is 5. The minimum atomic E-state index is 0.0814. The summed E-state index contributed by atoms with van der Waals surface area (Å²) in [7, 11) is 0. The number of aryl methyl sites for hydroxylation is 3. The number of aromatic hydroxyl groups is 3. The van der Waals surface area contributed by atoms with Crippen molar-refractivity contribution < 1.29 is 20.1 Å². The highest BCUT2D eigenvalue weighted by Gasteiger charge is 2.19. The zero-order valence-corrected chi connectivity index (χ0v) is 19.1. The SMILES string of the molecule is Cc1ccc(N(c2ccc(Oc3c(O)ccc(C)c3C)cc2)c2ccc(C)cc2O)c(O)c1. The van der Waals surface area contributed by atoms with E-state index in [1.807, 2.05) is 70.2 Å². The largest absolute Gasteiger partial charge is 0.506 e. The molecule has 4 aromatic rings. The molecule has 0 saturated heterocycles. The second-order valence-electron chi connectivity index (χ2n) is 8.27. The van der Waals surface area contributed by atoms with E-state index in [9.17, 15) is 15.3 Å². The first-order valence-corrected chi connectivity index (χ1v) is 10.7. The van der Waals surface area contributed by atoms with Gasteiger partial charge < -0.3 is 25.0 Å². The monoisotopic (exact) mass is 441 g/mol. The van der Waals surface area contributed by atoms with Crippen LogP contribution in [0.3, 0.4) is 0 Å². The van der Waals surface area contributed by atoms with Gasteiger partial charge in [0.2, 0.25) is 0 Å². The number of hydrogen-bond donors (Lipinski definition) is 3. The molecule has 0 unspecified atom stereocenters. The van der Waals surface area contributed by atoms with Crippen molar-refractivity contribution in [2.24, 2.45) is 0 Å². The molecule has 0 fully saturated rings. The van der Waals surface area contributed by atoms with Crippen molar-refractivity contribution in [2.75, 3.05) is 4.90 Å². The molecule has 0 bridgehead atoms. The van der Waals surface area contributed by atoms with Crippen molar-refractivity contribution in [2.45, 2.75) is 27.7 Å². The van der Waals surface area contributed by atoms with Gasteiger partial charge >= 0.3 is 0 Å². The van der Waals surface area contributed by atoms with Gasteiger partial charge in [-0.3, -0.25) is 0 Å². The Morgan fingerprint density at radius 2 is 1.15 bits per heavy atom. The summed E-state index contributed by atoms with van der Waals surface area (Å²) in [5.74, 6) is 1.28. The van der Waals surface area contributed by atoms with Crippen LogP contribution < -0.4 is 9.64 Å². The average Bonchev–Trinajstić information content (AvgIpc) is 2.78. The van der Waals surface area contributed by atoms with Crippen LogP contribution >= 0.6 is 0 Å². The summed E-state index contributed by atoms with van der Waals surface area (Å²) in [6.07, 6.45) is 0. The standard InChI is InChI=1S/C28H27NO4/c1-17-5-12-23(26(31)15-17)29(24-13-6-18(2)16-27(24)32)21-8-10-22(11-9-21)33-28-20(4)19(3)7-14-25(28)30/h5-16,30-32H,1-4H3. The maximum absolute atomic E-state index is 10.7. The molecule has 4 aromatic carbocycles. The summed E-state index contributed by atoms with van der Waals surface area (Å²) < 4.78 is 5.98. The third-order valence-corrected chi connectivity index (χ3v) is 5.71. The van der Waals surface area contributed by atoms with Gasteiger partial charge in [0.1, 0.15) is 17.2 Å². The number of rotatable bonds is 5. The Morgan fingerprint density at radius 3 is 1.67 bits per heavy atom. The third-order valence-electron chi connectivity index (χ3n) is 5.71. The lowest BCUT2D eigenvalue weighted by Crippen LogP contribution is -2.10. The van der Waals surface area contributed by atoms with Crippen molar-refractivity contribution in [3.05, 3.63) is 95.1 Å². The molecular formula is C28H27NO4. The molecule has 0 aliphatic rings. The van der Waals surface area contributed by atoms with Crippen molar-refractivity contribution in [1.29, 1.82) is 0 Å². The van der Waals surface area contributed by atoms with E-state index in [0.717, 1.165) is 27.9 Å². The van der Waals surface area contributed by atoms with Crippen LogP contribution in [0.2, 0.25) is 0 Å². The van der Waals surface area contributed by atoms with Crippen LogP contribution in [0.4, 0.5) is 17.1 Å². The first-order chi connectivity index (χ1) is 15.7. The lowest BCUT2D eigenvalue weighted by Gasteiger charge is -2.27. The Balaban J connectivity index is 1.76. The minimum absolute atomic E-state index is 0.0814. The molecule has 0 heterocycles. The van der Waals surface area contributed by atoms with Gasteiger partial charge in [0.05, 0.1) is 11.4 Å². The first-order valence-electron chi connectivity index (χ1n) is 10.7. The van der Waals surface area contributed by atoms with Crippen molar-refractivity contribution in [1.82, 2.24) is 0 Å². The molecule has 0 atom stereocenters. The predicted octanol–water partition coefficient (Wildman–Crippen LogP) is 7.30.